The number of amides is 1. The number of nitro groups is 1. The van der Waals surface area contributed by atoms with Crippen molar-refractivity contribution in [1.29, 1.82) is 0 Å². The van der Waals surface area contributed by atoms with Crippen LogP contribution in [0.25, 0.3) is 0 Å². The van der Waals surface area contributed by atoms with Crippen molar-refractivity contribution in [3.05, 3.63) is 50.7 Å². The van der Waals surface area contributed by atoms with E-state index in [1.54, 1.807) is 13.2 Å². The SMILES string of the molecule is CCOC(=O)N(Cc1cccc(CC(C)(C)[Si](C)(C)O)c1)c1nc(SC)nc(Cl)c1[N+](=O)[O-]. The molecule has 0 saturated heterocycles. The summed E-state index contributed by atoms with van der Waals surface area (Å²) >= 11 is 7.22. The van der Waals surface area contributed by atoms with Gasteiger partial charge in [-0.3, -0.25) is 15.0 Å². The number of hydrogen-bond acceptors (Lipinski definition) is 8. The van der Waals surface area contributed by atoms with Gasteiger partial charge in [0.1, 0.15) is 0 Å². The van der Waals surface area contributed by atoms with Gasteiger partial charge in [-0.25, -0.2) is 9.78 Å². The van der Waals surface area contributed by atoms with Gasteiger partial charge >= 0.3 is 11.8 Å². The molecule has 180 valence electrons. The Bertz CT molecular complexity index is 1030. The minimum atomic E-state index is -2.43. The molecule has 9 nitrogen and oxygen atoms in total. The normalized spacial score (nSPS) is 11.9. The van der Waals surface area contributed by atoms with Crippen LogP contribution in [0, 0.1) is 10.1 Å². The van der Waals surface area contributed by atoms with E-state index in [4.69, 9.17) is 16.3 Å². The highest BCUT2D eigenvalue weighted by atomic mass is 35.5. The largest absolute Gasteiger partial charge is 0.449 e. The zero-order valence-corrected chi connectivity index (χ0v) is 22.2. The summed E-state index contributed by atoms with van der Waals surface area (Å²) in [4.78, 5) is 43.7. The van der Waals surface area contributed by atoms with Gasteiger partial charge in [-0.15, -0.1) is 0 Å². The first-order valence-electron chi connectivity index (χ1n) is 10.3. The molecule has 1 amide bonds. The molecule has 2 rings (SSSR count). The van der Waals surface area contributed by atoms with Gasteiger partial charge in [-0.05, 0) is 48.9 Å². The van der Waals surface area contributed by atoms with E-state index in [1.807, 2.05) is 51.2 Å². The Morgan fingerprint density at radius 1 is 1.33 bits per heavy atom. The summed E-state index contributed by atoms with van der Waals surface area (Å²) in [6, 6.07) is 7.53. The molecule has 33 heavy (non-hydrogen) atoms. The van der Waals surface area contributed by atoms with Crippen molar-refractivity contribution in [2.24, 2.45) is 0 Å². The standard InChI is InChI=1S/C21H29ClN4O5SSi/c1-7-31-20(27)25(18-16(26(28)29)17(22)23-19(24-18)32-4)13-15-10-8-9-14(11-15)12-21(2,3)33(5,6)30/h8-11,30H,7,12-13H2,1-6H3. The van der Waals surface area contributed by atoms with Crippen molar-refractivity contribution in [3.63, 3.8) is 0 Å². The van der Waals surface area contributed by atoms with Gasteiger partial charge in [0, 0.05) is 0 Å². The lowest BCUT2D eigenvalue weighted by molar-refractivity contribution is -0.384. The fraction of sp³-hybridized carbons (Fsp3) is 0.476. The number of nitrogens with zero attached hydrogens (tertiary/aromatic N) is 4. The monoisotopic (exact) mass is 512 g/mol. The third-order valence-corrected chi connectivity index (χ3v) is 9.85. The number of carbonyl (C=O) groups is 1. The molecule has 0 unspecified atom stereocenters. The van der Waals surface area contributed by atoms with Crippen LogP contribution in [0.3, 0.4) is 0 Å². The molecule has 0 bridgehead atoms. The molecule has 0 spiro atoms. The third-order valence-electron chi connectivity index (χ3n) is 5.55. The van der Waals surface area contributed by atoms with Crippen LogP contribution < -0.4 is 4.90 Å². The van der Waals surface area contributed by atoms with Crippen LogP contribution in [0.4, 0.5) is 16.3 Å². The smallest absolute Gasteiger partial charge is 0.415 e. The summed E-state index contributed by atoms with van der Waals surface area (Å²) in [6.07, 6.45) is 1.57. The lowest BCUT2D eigenvalue weighted by atomic mass is 10.00. The van der Waals surface area contributed by atoms with Crippen molar-refractivity contribution >= 4 is 49.3 Å². The van der Waals surface area contributed by atoms with Gasteiger partial charge in [0.15, 0.2) is 13.5 Å². The molecule has 1 aromatic heterocycles. The maximum atomic E-state index is 12.8. The van der Waals surface area contributed by atoms with Gasteiger partial charge in [-0.1, -0.05) is 61.5 Å². The van der Waals surface area contributed by atoms with E-state index in [2.05, 4.69) is 9.97 Å². The van der Waals surface area contributed by atoms with Crippen molar-refractivity contribution in [2.75, 3.05) is 17.8 Å². The molecule has 0 aliphatic rings. The van der Waals surface area contributed by atoms with Crippen LogP contribution in [-0.4, -0.2) is 47.0 Å². The van der Waals surface area contributed by atoms with E-state index in [1.165, 1.54) is 0 Å². The summed E-state index contributed by atoms with van der Waals surface area (Å²) < 4.78 is 5.16. The summed E-state index contributed by atoms with van der Waals surface area (Å²) in [5.41, 5.74) is 1.15. The van der Waals surface area contributed by atoms with E-state index in [-0.39, 0.29) is 34.3 Å². The fourth-order valence-electron chi connectivity index (χ4n) is 3.01. The van der Waals surface area contributed by atoms with Gasteiger partial charge in [0.25, 0.3) is 0 Å². The number of halogens is 1. The van der Waals surface area contributed by atoms with Gasteiger partial charge < -0.3 is 9.53 Å². The minimum absolute atomic E-state index is 0.0188. The highest BCUT2D eigenvalue weighted by Gasteiger charge is 2.38. The highest BCUT2D eigenvalue weighted by molar-refractivity contribution is 7.98. The van der Waals surface area contributed by atoms with E-state index in [9.17, 15) is 19.7 Å². The predicted molar refractivity (Wildman–Crippen MR) is 133 cm³/mol. The molecule has 1 N–H and O–H groups in total. The lowest BCUT2D eigenvalue weighted by Gasteiger charge is -2.35. The Hall–Kier alpha value is -2.21. The molecular formula is C21H29ClN4O5SSi. The van der Waals surface area contributed by atoms with Crippen LogP contribution in [0.2, 0.25) is 23.3 Å². The Labute approximate surface area is 203 Å². The van der Waals surface area contributed by atoms with Gasteiger partial charge in [-0.2, -0.15) is 4.98 Å². The van der Waals surface area contributed by atoms with Crippen molar-refractivity contribution in [2.45, 2.75) is 57.0 Å². The molecule has 1 aromatic carbocycles. The van der Waals surface area contributed by atoms with Crippen molar-refractivity contribution in [3.8, 4) is 0 Å². The molecular weight excluding hydrogens is 484 g/mol. The number of anilines is 1. The minimum Gasteiger partial charge on any atom is -0.449 e. The number of thioether (sulfide) groups is 1. The maximum absolute atomic E-state index is 12.8. The summed E-state index contributed by atoms with van der Waals surface area (Å²) in [6.45, 7) is 9.59. The summed E-state index contributed by atoms with van der Waals surface area (Å²) in [5, 5.41) is 11.3. The topological polar surface area (TPSA) is 119 Å². The molecule has 0 aliphatic carbocycles. The zero-order valence-electron chi connectivity index (χ0n) is 19.6. The van der Waals surface area contributed by atoms with E-state index >= 15 is 0 Å². The zero-order chi connectivity index (χ0) is 25.0. The Balaban J connectivity index is 2.52. The van der Waals surface area contributed by atoms with Crippen LogP contribution in [0.15, 0.2) is 29.4 Å². The van der Waals surface area contributed by atoms with E-state index < -0.39 is 25.0 Å². The van der Waals surface area contributed by atoms with Gasteiger partial charge in [0.2, 0.25) is 11.0 Å². The molecule has 2 aromatic rings. The lowest BCUT2D eigenvalue weighted by Crippen LogP contribution is -2.40. The predicted octanol–water partition coefficient (Wildman–Crippen LogP) is 5.44. The number of benzene rings is 1. The second-order valence-corrected chi connectivity index (χ2v) is 14.3. The first-order valence-corrected chi connectivity index (χ1v) is 14.9. The number of carbonyl (C=O) groups excluding carboxylic acids is 1. The van der Waals surface area contributed by atoms with Gasteiger partial charge in [0.05, 0.1) is 18.1 Å². The van der Waals surface area contributed by atoms with Crippen molar-refractivity contribution in [1.82, 2.24) is 9.97 Å². The first-order chi connectivity index (χ1) is 15.3. The van der Waals surface area contributed by atoms with Crippen molar-refractivity contribution < 1.29 is 19.3 Å². The van der Waals surface area contributed by atoms with Crippen LogP contribution in [0.5, 0.6) is 0 Å². The first kappa shape index (κ1) is 27.0. The van der Waals surface area contributed by atoms with E-state index in [0.29, 0.717) is 6.42 Å². The Morgan fingerprint density at radius 3 is 2.52 bits per heavy atom. The third kappa shape index (κ3) is 6.65. The summed E-state index contributed by atoms with van der Waals surface area (Å²) in [7, 11) is -2.43. The second-order valence-electron chi connectivity index (χ2n) is 8.66. The Morgan fingerprint density at radius 2 is 1.97 bits per heavy atom. The number of hydrogen-bond donors (Lipinski definition) is 1. The molecule has 0 radical (unpaired) electrons. The number of rotatable bonds is 9. The molecule has 0 atom stereocenters. The second kappa shape index (κ2) is 10.8. The molecule has 0 saturated carbocycles. The summed E-state index contributed by atoms with van der Waals surface area (Å²) in [5.74, 6) is -0.225. The highest BCUT2D eigenvalue weighted by Crippen LogP contribution is 2.39. The van der Waals surface area contributed by atoms with Crippen LogP contribution >= 0.6 is 23.4 Å². The average molecular weight is 513 g/mol. The number of ether oxygens (including phenoxy) is 1. The van der Waals surface area contributed by atoms with Crippen LogP contribution in [0.1, 0.15) is 31.9 Å². The fourth-order valence-corrected chi connectivity index (χ4v) is 4.29. The maximum Gasteiger partial charge on any atom is 0.415 e. The quantitative estimate of drug-likeness (QED) is 0.118. The van der Waals surface area contributed by atoms with Crippen LogP contribution in [-0.2, 0) is 17.7 Å². The molecule has 12 heteroatoms. The molecule has 0 fully saturated rings. The number of aromatic nitrogens is 2. The average Bonchev–Trinajstić information content (AvgIpc) is 2.70. The Kier molecular flexibility index (Phi) is 8.86. The van der Waals surface area contributed by atoms with E-state index in [0.717, 1.165) is 27.8 Å². The molecule has 1 heterocycles. The molecule has 0 aliphatic heterocycles.